The third-order valence-electron chi connectivity index (χ3n) is 3.93. The minimum Gasteiger partial charge on any atom is -0.368 e. The molecular formula is C18H18N5O5PS. The number of nitrogens with zero attached hydrogens (tertiary/aromatic N) is 3. The van der Waals surface area contributed by atoms with Gasteiger partial charge in [0.2, 0.25) is 5.91 Å². The lowest BCUT2D eigenvalue weighted by Gasteiger charge is -2.17. The molecule has 1 amide bonds. The van der Waals surface area contributed by atoms with Gasteiger partial charge in [-0.05, 0) is 17.5 Å². The Kier molecular flexibility index (Phi) is 8.09. The van der Waals surface area contributed by atoms with Crippen molar-refractivity contribution in [3.8, 4) is 12.1 Å². The van der Waals surface area contributed by atoms with Crippen molar-refractivity contribution >= 4 is 25.5 Å². The molecule has 156 valence electrons. The Bertz CT molecular complexity index is 1060. The fourth-order valence-electron chi connectivity index (χ4n) is 2.69. The van der Waals surface area contributed by atoms with Crippen LogP contribution in [0.2, 0.25) is 0 Å². The van der Waals surface area contributed by atoms with Crippen molar-refractivity contribution in [2.75, 3.05) is 0 Å². The molecule has 0 spiro atoms. The molecule has 30 heavy (non-hydrogen) atoms. The maximum Gasteiger partial charge on any atom is 0.486 e. The fourth-order valence-corrected chi connectivity index (χ4v) is 4.01. The van der Waals surface area contributed by atoms with Crippen LogP contribution >= 0.6 is 19.6 Å². The number of amides is 1. The number of pyridine rings is 1. The molecule has 0 radical (unpaired) electrons. The van der Waals surface area contributed by atoms with Crippen LogP contribution in [0.25, 0.3) is 0 Å². The third-order valence-corrected chi connectivity index (χ3v) is 5.56. The second-order valence-electron chi connectivity index (χ2n) is 5.88. The van der Waals surface area contributed by atoms with E-state index in [1.54, 1.807) is 37.3 Å². The molecule has 0 saturated heterocycles. The molecule has 1 aromatic carbocycles. The van der Waals surface area contributed by atoms with Crippen LogP contribution < -0.4 is 11.2 Å². The highest BCUT2D eigenvalue weighted by molar-refractivity contribution is 8.00. The van der Waals surface area contributed by atoms with Gasteiger partial charge in [-0.2, -0.15) is 20.6 Å². The Morgan fingerprint density at radius 2 is 1.93 bits per heavy atom. The number of aromatic nitrogens is 1. The molecule has 5 N–H and O–H groups in total. The van der Waals surface area contributed by atoms with Gasteiger partial charge in [-0.3, -0.25) is 4.79 Å². The number of benzene rings is 1. The minimum atomic E-state index is -4.79. The summed E-state index contributed by atoms with van der Waals surface area (Å²) in [6.07, 6.45) is 0.320. The average Bonchev–Trinajstić information content (AvgIpc) is 2.70. The Balaban J connectivity index is 2.53. The molecule has 0 fully saturated rings. The minimum absolute atomic E-state index is 0.0931. The number of carbonyl (C=O) groups is 1. The predicted octanol–water partition coefficient (Wildman–Crippen LogP) is 1.82. The molecule has 0 aliphatic heterocycles. The molecule has 12 heteroatoms. The highest BCUT2D eigenvalue weighted by atomic mass is 32.2. The summed E-state index contributed by atoms with van der Waals surface area (Å²) in [5, 5.41) is 18.6. The predicted molar refractivity (Wildman–Crippen MR) is 107 cm³/mol. The van der Waals surface area contributed by atoms with Crippen LogP contribution in [0.15, 0.2) is 35.4 Å². The van der Waals surface area contributed by atoms with E-state index in [1.807, 2.05) is 12.1 Å². The lowest BCUT2D eigenvalue weighted by atomic mass is 10.0. The van der Waals surface area contributed by atoms with Crippen LogP contribution in [0.3, 0.4) is 0 Å². The van der Waals surface area contributed by atoms with Crippen LogP contribution in [-0.4, -0.2) is 20.7 Å². The summed E-state index contributed by atoms with van der Waals surface area (Å²) in [5.74, 6) is -0.635. The summed E-state index contributed by atoms with van der Waals surface area (Å²) in [7, 11) is -4.79. The first kappa shape index (κ1) is 23.5. The first-order valence-electron chi connectivity index (χ1n) is 8.55. The summed E-state index contributed by atoms with van der Waals surface area (Å²) in [4.78, 5) is 34.0. The van der Waals surface area contributed by atoms with Crippen LogP contribution in [0, 0.1) is 22.7 Å². The molecular weight excluding hydrogens is 429 g/mol. The standard InChI is InChI=1S/C18H18N5O5PS/c1-2-12-13(8-19)15(10-22-28-29(25,26)27)23-18(14(12)9-20)30-16(17(21)24)11-6-4-3-5-7-11/h3-7,16,22H,2,10H2,1H3,(H2,21,24)(H2,25,26,27). The Labute approximate surface area is 176 Å². The van der Waals surface area contributed by atoms with Crippen molar-refractivity contribution < 1.29 is 23.8 Å². The highest BCUT2D eigenvalue weighted by Crippen LogP contribution is 2.38. The molecule has 1 atom stereocenters. The number of thioether (sulfide) groups is 1. The SMILES string of the molecule is CCc1c(C#N)c(CNOP(=O)(O)O)nc(SC(C(N)=O)c2ccccc2)c1C#N. The van der Waals surface area contributed by atoms with E-state index < -0.39 is 19.0 Å². The normalized spacial score (nSPS) is 12.0. The number of hydrogen-bond acceptors (Lipinski definition) is 8. The molecule has 0 saturated carbocycles. The lowest BCUT2D eigenvalue weighted by Crippen LogP contribution is -2.20. The van der Waals surface area contributed by atoms with E-state index in [2.05, 4.69) is 15.1 Å². The number of rotatable bonds is 9. The first-order chi connectivity index (χ1) is 14.2. The van der Waals surface area contributed by atoms with Crippen molar-refractivity contribution in [2.24, 2.45) is 5.73 Å². The van der Waals surface area contributed by atoms with Crippen LogP contribution in [-0.2, 0) is 26.9 Å². The van der Waals surface area contributed by atoms with Gasteiger partial charge in [0, 0.05) is 0 Å². The average molecular weight is 447 g/mol. The third kappa shape index (κ3) is 5.88. The molecule has 0 bridgehead atoms. The molecule has 1 unspecified atom stereocenters. The molecule has 2 rings (SSSR count). The first-order valence-corrected chi connectivity index (χ1v) is 11.0. The van der Waals surface area contributed by atoms with Gasteiger partial charge in [-0.15, -0.1) is 0 Å². The van der Waals surface area contributed by atoms with E-state index in [9.17, 15) is 19.9 Å². The maximum absolute atomic E-state index is 12.1. The van der Waals surface area contributed by atoms with Gasteiger partial charge in [0.05, 0.1) is 23.4 Å². The van der Waals surface area contributed by atoms with Crippen molar-refractivity contribution in [2.45, 2.75) is 30.2 Å². The highest BCUT2D eigenvalue weighted by Gasteiger charge is 2.26. The van der Waals surface area contributed by atoms with E-state index >= 15 is 0 Å². The van der Waals surface area contributed by atoms with Gasteiger partial charge >= 0.3 is 7.82 Å². The van der Waals surface area contributed by atoms with Gasteiger partial charge in [-0.1, -0.05) is 49.0 Å². The van der Waals surface area contributed by atoms with Gasteiger partial charge < -0.3 is 15.5 Å². The Hall–Kier alpha value is -2.76. The number of hydroxylamine groups is 1. The van der Waals surface area contributed by atoms with Crippen LogP contribution in [0.1, 0.15) is 40.1 Å². The Morgan fingerprint density at radius 3 is 2.43 bits per heavy atom. The zero-order valence-electron chi connectivity index (χ0n) is 15.8. The molecule has 2 aromatic rings. The van der Waals surface area contributed by atoms with Gasteiger partial charge in [0.25, 0.3) is 0 Å². The molecule has 1 heterocycles. The van der Waals surface area contributed by atoms with E-state index in [-0.39, 0.29) is 28.4 Å². The number of hydrogen-bond donors (Lipinski definition) is 4. The molecule has 0 aliphatic rings. The number of carbonyl (C=O) groups excluding carboxylic acids is 1. The zero-order chi connectivity index (χ0) is 22.3. The van der Waals surface area contributed by atoms with Gasteiger partial charge in [-0.25, -0.2) is 9.55 Å². The summed E-state index contributed by atoms with van der Waals surface area (Å²) in [6.45, 7) is 1.43. The van der Waals surface area contributed by atoms with Crippen molar-refractivity contribution in [3.63, 3.8) is 0 Å². The number of primary amides is 1. The van der Waals surface area contributed by atoms with Crippen LogP contribution in [0.5, 0.6) is 0 Å². The smallest absolute Gasteiger partial charge is 0.368 e. The fraction of sp³-hybridized carbons (Fsp3) is 0.222. The van der Waals surface area contributed by atoms with Crippen LogP contribution in [0.4, 0.5) is 0 Å². The second-order valence-corrected chi connectivity index (χ2v) is 8.14. The summed E-state index contributed by atoms with van der Waals surface area (Å²) < 4.78 is 15.1. The van der Waals surface area contributed by atoms with Crippen molar-refractivity contribution in [1.29, 1.82) is 10.5 Å². The maximum atomic E-state index is 12.1. The lowest BCUT2D eigenvalue weighted by molar-refractivity contribution is -0.117. The zero-order valence-corrected chi connectivity index (χ0v) is 17.5. The van der Waals surface area contributed by atoms with E-state index in [0.29, 0.717) is 17.5 Å². The van der Waals surface area contributed by atoms with Gasteiger partial charge in [0.1, 0.15) is 22.4 Å². The van der Waals surface area contributed by atoms with Crippen molar-refractivity contribution in [1.82, 2.24) is 10.5 Å². The number of nitrogens with one attached hydrogen (secondary N) is 1. The van der Waals surface area contributed by atoms with Crippen molar-refractivity contribution in [3.05, 3.63) is 58.3 Å². The largest absolute Gasteiger partial charge is 0.486 e. The van der Waals surface area contributed by atoms with E-state index in [1.165, 1.54) is 0 Å². The number of nitriles is 2. The monoisotopic (exact) mass is 447 g/mol. The van der Waals surface area contributed by atoms with Gasteiger partial charge in [0.15, 0.2) is 0 Å². The van der Waals surface area contributed by atoms with E-state index in [0.717, 1.165) is 11.8 Å². The molecule has 0 aliphatic carbocycles. The second kappa shape index (κ2) is 10.3. The molecule has 1 aromatic heterocycles. The summed E-state index contributed by atoms with van der Waals surface area (Å²) >= 11 is 0.963. The number of nitrogens with two attached hydrogens (primary N) is 1. The summed E-state index contributed by atoms with van der Waals surface area (Å²) in [5.41, 5.74) is 9.01. The summed E-state index contributed by atoms with van der Waals surface area (Å²) in [6, 6.07) is 12.7. The number of phosphoric acid groups is 1. The topological polar surface area (TPSA) is 182 Å². The quantitative estimate of drug-likeness (QED) is 0.251. The van der Waals surface area contributed by atoms with E-state index in [4.69, 9.17) is 15.5 Å². The Morgan fingerprint density at radius 1 is 1.30 bits per heavy atom. The molecule has 10 nitrogen and oxygen atoms in total.